The van der Waals surface area contributed by atoms with E-state index >= 15 is 0 Å². The van der Waals surface area contributed by atoms with Gasteiger partial charge in [0.05, 0.1) is 32.4 Å². The van der Waals surface area contributed by atoms with Crippen LogP contribution in [-0.4, -0.2) is 90.7 Å². The summed E-state index contributed by atoms with van der Waals surface area (Å²) < 4.78 is 5.99. The number of benzene rings is 1. The number of amides is 2. The number of piperidine rings is 1. The van der Waals surface area contributed by atoms with Gasteiger partial charge < -0.3 is 40.9 Å². The number of nitrogens with one attached hydrogen (secondary N) is 3. The number of fused-ring (bicyclic) bond motifs is 3. The molecule has 0 aliphatic carbocycles. The monoisotopic (exact) mass is 476 g/mol. The Kier molecular flexibility index (Phi) is 10.1. The van der Waals surface area contributed by atoms with Gasteiger partial charge in [-0.05, 0) is 36.5 Å². The highest BCUT2D eigenvalue weighted by molar-refractivity contribution is 5.79. The van der Waals surface area contributed by atoms with E-state index in [0.717, 1.165) is 17.7 Å². The van der Waals surface area contributed by atoms with Gasteiger partial charge in [0.15, 0.2) is 0 Å². The normalized spacial score (nSPS) is 22.0. The molecule has 0 radical (unpaired) electrons. The van der Waals surface area contributed by atoms with E-state index in [-0.39, 0.29) is 56.6 Å². The van der Waals surface area contributed by atoms with Crippen LogP contribution in [0.4, 0.5) is 5.69 Å². The number of aliphatic hydroxyl groups excluding tert-OH is 3. The van der Waals surface area contributed by atoms with Crippen molar-refractivity contribution in [3.05, 3.63) is 35.9 Å². The fourth-order valence-electron chi connectivity index (χ4n) is 4.35. The Balaban J connectivity index is 1.72. The average Bonchev–Trinajstić information content (AvgIpc) is 2.85. The third kappa shape index (κ3) is 7.42. The van der Waals surface area contributed by atoms with Gasteiger partial charge in [-0.3, -0.25) is 9.59 Å². The average molecular weight is 477 g/mol. The molecule has 1 fully saturated rings. The second kappa shape index (κ2) is 13.3. The predicted octanol–water partition coefficient (Wildman–Crippen LogP) is -0.547. The van der Waals surface area contributed by atoms with Gasteiger partial charge in [0.1, 0.15) is 12.4 Å². The molecule has 1 saturated heterocycles. The summed E-state index contributed by atoms with van der Waals surface area (Å²) in [4.78, 5) is 26.9. The lowest BCUT2D eigenvalue weighted by molar-refractivity contribution is -0.132. The van der Waals surface area contributed by atoms with Crippen LogP contribution < -0.4 is 20.7 Å². The number of rotatable bonds is 8. The first-order chi connectivity index (χ1) is 16.5. The molecule has 3 rings (SSSR count). The van der Waals surface area contributed by atoms with E-state index in [2.05, 4.69) is 16.0 Å². The second-order valence-electron chi connectivity index (χ2n) is 8.70. The summed E-state index contributed by atoms with van der Waals surface area (Å²) >= 11 is 0. The smallest absolute Gasteiger partial charge is 0.236 e. The number of hydrogen-bond acceptors (Lipinski definition) is 8. The van der Waals surface area contributed by atoms with E-state index in [1.54, 1.807) is 0 Å². The third-order valence-electron chi connectivity index (χ3n) is 6.22. The van der Waals surface area contributed by atoms with Gasteiger partial charge in [-0.1, -0.05) is 12.2 Å². The minimum absolute atomic E-state index is 0.0122. The molecule has 2 atom stereocenters. The summed E-state index contributed by atoms with van der Waals surface area (Å²) in [6.45, 7) is 1.89. The first kappa shape index (κ1) is 26.0. The number of nitrogens with zero attached hydrogens (tertiary/aromatic N) is 1. The van der Waals surface area contributed by atoms with E-state index in [0.29, 0.717) is 38.4 Å². The molecule has 6 N–H and O–H groups in total. The van der Waals surface area contributed by atoms with E-state index in [1.807, 2.05) is 35.3 Å². The summed E-state index contributed by atoms with van der Waals surface area (Å²) in [6, 6.07) is 5.08. The zero-order valence-corrected chi connectivity index (χ0v) is 19.4. The molecule has 34 heavy (non-hydrogen) atoms. The van der Waals surface area contributed by atoms with Crippen LogP contribution in [0, 0.1) is 11.8 Å². The summed E-state index contributed by atoms with van der Waals surface area (Å²) in [6.07, 6.45) is 5.07. The van der Waals surface area contributed by atoms with Crippen molar-refractivity contribution >= 4 is 17.5 Å². The highest BCUT2D eigenvalue weighted by atomic mass is 16.5. The number of carbonyl (C=O) groups excluding carboxylic acids is 2. The SMILES string of the molecule is O=C(C[C@@H]1CCN2C[C@@H]1/C=C/COc1ccc(NC(CO)CO)cc1CNCC2=O)NCCO. The van der Waals surface area contributed by atoms with Gasteiger partial charge in [0.25, 0.3) is 0 Å². The maximum absolute atomic E-state index is 12.8. The molecule has 2 bridgehead atoms. The van der Waals surface area contributed by atoms with Crippen molar-refractivity contribution in [2.75, 3.05) is 57.9 Å². The van der Waals surface area contributed by atoms with Crippen LogP contribution in [0.1, 0.15) is 18.4 Å². The van der Waals surface area contributed by atoms with E-state index < -0.39 is 6.04 Å². The molecule has 1 aromatic rings. The van der Waals surface area contributed by atoms with Gasteiger partial charge in [-0.15, -0.1) is 0 Å². The molecule has 0 saturated carbocycles. The van der Waals surface area contributed by atoms with E-state index in [1.165, 1.54) is 0 Å². The van der Waals surface area contributed by atoms with Gasteiger partial charge >= 0.3 is 0 Å². The van der Waals surface area contributed by atoms with Crippen molar-refractivity contribution in [2.24, 2.45) is 11.8 Å². The molecule has 2 aliphatic rings. The zero-order valence-electron chi connectivity index (χ0n) is 19.4. The molecule has 10 nitrogen and oxygen atoms in total. The number of aliphatic hydroxyl groups is 3. The first-order valence-electron chi connectivity index (χ1n) is 11.8. The largest absolute Gasteiger partial charge is 0.489 e. The lowest BCUT2D eigenvalue weighted by Crippen LogP contribution is -2.47. The van der Waals surface area contributed by atoms with Crippen molar-refractivity contribution in [3.8, 4) is 5.75 Å². The van der Waals surface area contributed by atoms with Crippen molar-refractivity contribution < 1.29 is 29.6 Å². The fraction of sp³-hybridized carbons (Fsp3) is 0.583. The Morgan fingerprint density at radius 3 is 2.82 bits per heavy atom. The Morgan fingerprint density at radius 2 is 2.06 bits per heavy atom. The first-order valence-corrected chi connectivity index (χ1v) is 11.8. The standard InChI is InChI=1S/C24H36N4O6/c29-8-6-26-23(32)11-17-5-7-28-14-18(17)2-1-9-34-22-4-3-20(27-21(15-30)16-31)10-19(22)12-25-13-24(28)33/h1-4,10,17-18,21,25,27,29-31H,5-9,11-16H2,(H,26,32)/b2-1+/t17-,18-/m0/s1. The van der Waals surface area contributed by atoms with E-state index in [4.69, 9.17) is 9.84 Å². The van der Waals surface area contributed by atoms with Crippen LogP contribution in [0.25, 0.3) is 0 Å². The maximum Gasteiger partial charge on any atom is 0.236 e. The summed E-state index contributed by atoms with van der Waals surface area (Å²) in [5.41, 5.74) is 1.60. The van der Waals surface area contributed by atoms with Crippen molar-refractivity contribution in [2.45, 2.75) is 25.4 Å². The molecule has 0 spiro atoms. The molecule has 0 aromatic heterocycles. The van der Waals surface area contributed by atoms with E-state index in [9.17, 15) is 19.8 Å². The highest BCUT2D eigenvalue weighted by Gasteiger charge is 2.31. The third-order valence-corrected chi connectivity index (χ3v) is 6.22. The molecule has 2 heterocycles. The molecule has 0 unspecified atom stereocenters. The minimum Gasteiger partial charge on any atom is -0.489 e. The maximum atomic E-state index is 12.8. The fourth-order valence-corrected chi connectivity index (χ4v) is 4.35. The molecule has 2 aliphatic heterocycles. The summed E-state index contributed by atoms with van der Waals surface area (Å²) in [7, 11) is 0. The quantitative estimate of drug-likeness (QED) is 0.275. The van der Waals surface area contributed by atoms with Crippen LogP contribution in [-0.2, 0) is 16.1 Å². The second-order valence-corrected chi connectivity index (χ2v) is 8.70. The molecule has 2 amide bonds. The van der Waals surface area contributed by atoms with Crippen molar-refractivity contribution in [3.63, 3.8) is 0 Å². The van der Waals surface area contributed by atoms with Crippen LogP contribution >= 0.6 is 0 Å². The molecule has 1 aromatic carbocycles. The molecular formula is C24H36N4O6. The lowest BCUT2D eigenvalue weighted by atomic mass is 9.82. The van der Waals surface area contributed by atoms with Crippen LogP contribution in [0.15, 0.2) is 30.4 Å². The predicted molar refractivity (Wildman–Crippen MR) is 127 cm³/mol. The van der Waals surface area contributed by atoms with Crippen LogP contribution in [0.3, 0.4) is 0 Å². The topological polar surface area (TPSA) is 143 Å². The molecule has 10 heteroatoms. The minimum atomic E-state index is -0.461. The Labute approximate surface area is 200 Å². The zero-order chi connectivity index (χ0) is 24.3. The summed E-state index contributed by atoms with van der Waals surface area (Å²) in [5.74, 6) is 0.766. The number of carbonyl (C=O) groups is 2. The van der Waals surface area contributed by atoms with Gasteiger partial charge in [-0.2, -0.15) is 0 Å². The Hall–Kier alpha value is -2.66. The Bertz CT molecular complexity index is 845. The van der Waals surface area contributed by atoms with Crippen molar-refractivity contribution in [1.82, 2.24) is 15.5 Å². The van der Waals surface area contributed by atoms with Gasteiger partial charge in [-0.25, -0.2) is 0 Å². The van der Waals surface area contributed by atoms with Gasteiger partial charge in [0, 0.05) is 43.9 Å². The number of hydrogen-bond donors (Lipinski definition) is 6. The molecular weight excluding hydrogens is 440 g/mol. The van der Waals surface area contributed by atoms with Crippen LogP contribution in [0.2, 0.25) is 0 Å². The lowest BCUT2D eigenvalue weighted by Gasteiger charge is -2.37. The summed E-state index contributed by atoms with van der Waals surface area (Å²) in [5, 5.41) is 36.6. The Morgan fingerprint density at radius 1 is 1.24 bits per heavy atom. The number of ether oxygens (including phenoxy) is 1. The molecule has 188 valence electrons. The van der Waals surface area contributed by atoms with Crippen molar-refractivity contribution in [1.29, 1.82) is 0 Å². The van der Waals surface area contributed by atoms with Crippen LogP contribution in [0.5, 0.6) is 5.75 Å². The highest BCUT2D eigenvalue weighted by Crippen LogP contribution is 2.29. The number of anilines is 1. The van der Waals surface area contributed by atoms with Gasteiger partial charge in [0.2, 0.25) is 11.8 Å².